The first-order chi connectivity index (χ1) is 10.1. The second-order valence-corrected chi connectivity index (χ2v) is 4.66. The Morgan fingerprint density at radius 3 is 2.33 bits per heavy atom. The number of amides is 1. The van der Waals surface area contributed by atoms with Gasteiger partial charge in [-0.2, -0.15) is 0 Å². The maximum absolute atomic E-state index is 12.0. The number of hydrogen-bond acceptors (Lipinski definition) is 4. The van der Waals surface area contributed by atoms with Crippen LogP contribution in [-0.2, 0) is 11.3 Å². The van der Waals surface area contributed by atoms with E-state index in [-0.39, 0.29) is 12.2 Å². The Hall–Kier alpha value is -3.02. The molecule has 21 heavy (non-hydrogen) atoms. The fourth-order valence-electron chi connectivity index (χ4n) is 2.31. The molecule has 0 saturated carbocycles. The van der Waals surface area contributed by atoms with Crippen LogP contribution >= 0.6 is 0 Å². The highest BCUT2D eigenvalue weighted by atomic mass is 16.6. The molecule has 2 aromatic carbocycles. The number of Topliss-reactive ketones (excluding diaryl/α,β-unsaturated/α-hetero) is 1. The standard InChI is InChI=1S/C15H10N2O4/c18-14-12-3-1-2-4-13(12)16(15(14)19)9-10-5-7-11(8-6-10)17(20)21/h1-8H,9H2. The van der Waals surface area contributed by atoms with E-state index in [9.17, 15) is 19.7 Å². The van der Waals surface area contributed by atoms with Crippen molar-refractivity contribution in [3.63, 3.8) is 0 Å². The number of hydrogen-bond donors (Lipinski definition) is 0. The number of nitro groups is 1. The Labute approximate surface area is 119 Å². The summed E-state index contributed by atoms with van der Waals surface area (Å²) in [5, 5.41) is 10.6. The molecule has 0 saturated heterocycles. The Balaban J connectivity index is 1.90. The number of carbonyl (C=O) groups is 2. The van der Waals surface area contributed by atoms with E-state index in [1.165, 1.54) is 17.0 Å². The molecule has 3 rings (SSSR count). The van der Waals surface area contributed by atoms with Crippen LogP contribution in [-0.4, -0.2) is 16.6 Å². The predicted molar refractivity (Wildman–Crippen MR) is 75.1 cm³/mol. The van der Waals surface area contributed by atoms with E-state index >= 15 is 0 Å². The van der Waals surface area contributed by atoms with Gasteiger partial charge < -0.3 is 4.90 Å². The zero-order valence-electron chi connectivity index (χ0n) is 10.9. The molecule has 0 bridgehead atoms. The van der Waals surface area contributed by atoms with Crippen LogP contribution in [0.5, 0.6) is 0 Å². The minimum Gasteiger partial charge on any atom is -0.300 e. The van der Waals surface area contributed by atoms with Gasteiger partial charge in [-0.05, 0) is 17.7 Å². The number of fused-ring (bicyclic) bond motifs is 1. The van der Waals surface area contributed by atoms with Crippen LogP contribution in [0.3, 0.4) is 0 Å². The van der Waals surface area contributed by atoms with Gasteiger partial charge in [-0.1, -0.05) is 24.3 Å². The summed E-state index contributed by atoms with van der Waals surface area (Å²) in [4.78, 5) is 35.4. The van der Waals surface area contributed by atoms with Crippen molar-refractivity contribution in [2.45, 2.75) is 6.54 Å². The molecule has 0 unspecified atom stereocenters. The van der Waals surface area contributed by atoms with Crippen LogP contribution in [0, 0.1) is 10.1 Å². The Kier molecular flexibility index (Phi) is 2.98. The summed E-state index contributed by atoms with van der Waals surface area (Å²) in [5.74, 6) is -1.10. The summed E-state index contributed by atoms with van der Waals surface area (Å²) in [6.45, 7) is 0.208. The predicted octanol–water partition coefficient (Wildman–Crippen LogP) is 2.32. The number of nitro benzene ring substituents is 1. The van der Waals surface area contributed by atoms with Crippen LogP contribution < -0.4 is 4.90 Å². The molecule has 0 N–H and O–H groups in total. The number of benzene rings is 2. The summed E-state index contributed by atoms with van der Waals surface area (Å²) in [6, 6.07) is 12.7. The van der Waals surface area contributed by atoms with E-state index in [1.807, 2.05) is 0 Å². The molecule has 1 aliphatic heterocycles. The maximum atomic E-state index is 12.0. The van der Waals surface area contributed by atoms with Gasteiger partial charge in [0.2, 0.25) is 0 Å². The minimum atomic E-state index is -0.574. The molecule has 0 spiro atoms. The zero-order valence-corrected chi connectivity index (χ0v) is 10.9. The second kappa shape index (κ2) is 4.82. The highest BCUT2D eigenvalue weighted by Crippen LogP contribution is 2.30. The van der Waals surface area contributed by atoms with Gasteiger partial charge in [0.05, 0.1) is 22.7 Å². The number of carbonyl (C=O) groups excluding carboxylic acids is 2. The van der Waals surface area contributed by atoms with Gasteiger partial charge in [0, 0.05) is 12.1 Å². The summed E-state index contributed by atoms with van der Waals surface area (Å²) < 4.78 is 0. The third-order valence-electron chi connectivity index (χ3n) is 3.37. The lowest BCUT2D eigenvalue weighted by molar-refractivity contribution is -0.384. The monoisotopic (exact) mass is 282 g/mol. The molecule has 1 heterocycles. The van der Waals surface area contributed by atoms with E-state index in [2.05, 4.69) is 0 Å². The Bertz CT molecular complexity index is 753. The number of nitrogens with zero attached hydrogens (tertiary/aromatic N) is 2. The second-order valence-electron chi connectivity index (χ2n) is 4.66. The molecule has 1 aliphatic rings. The zero-order chi connectivity index (χ0) is 15.0. The van der Waals surface area contributed by atoms with E-state index in [1.54, 1.807) is 36.4 Å². The van der Waals surface area contributed by atoms with Crippen LogP contribution in [0.25, 0.3) is 0 Å². The highest BCUT2D eigenvalue weighted by molar-refractivity contribution is 6.52. The largest absolute Gasteiger partial charge is 0.300 e. The van der Waals surface area contributed by atoms with Crippen molar-refractivity contribution >= 4 is 23.1 Å². The number of anilines is 1. The molecule has 104 valence electrons. The highest BCUT2D eigenvalue weighted by Gasteiger charge is 2.35. The summed E-state index contributed by atoms with van der Waals surface area (Å²) >= 11 is 0. The number of rotatable bonds is 3. The van der Waals surface area contributed by atoms with E-state index in [0.717, 1.165) is 5.56 Å². The molecule has 0 radical (unpaired) electrons. The van der Waals surface area contributed by atoms with Crippen LogP contribution in [0.15, 0.2) is 48.5 Å². The van der Waals surface area contributed by atoms with E-state index in [0.29, 0.717) is 11.3 Å². The van der Waals surface area contributed by atoms with E-state index in [4.69, 9.17) is 0 Å². The SMILES string of the molecule is O=C1C(=O)N(Cc2ccc([N+](=O)[O-])cc2)c2ccccc21. The number of ketones is 1. The molecule has 0 atom stereocenters. The summed E-state index contributed by atoms with van der Waals surface area (Å²) in [5.41, 5.74) is 1.68. The molecule has 6 nitrogen and oxygen atoms in total. The molecule has 0 aliphatic carbocycles. The third-order valence-corrected chi connectivity index (χ3v) is 3.37. The first-order valence-electron chi connectivity index (χ1n) is 6.26. The first kappa shape index (κ1) is 13.0. The molecule has 2 aromatic rings. The summed E-state index contributed by atoms with van der Waals surface area (Å²) in [7, 11) is 0. The smallest absolute Gasteiger partial charge is 0.299 e. The quantitative estimate of drug-likeness (QED) is 0.491. The molecule has 1 amide bonds. The topological polar surface area (TPSA) is 80.5 Å². The van der Waals surface area contributed by atoms with Gasteiger partial charge in [-0.3, -0.25) is 19.7 Å². The first-order valence-corrected chi connectivity index (χ1v) is 6.26. The van der Waals surface area contributed by atoms with Gasteiger partial charge in [0.1, 0.15) is 0 Å². The van der Waals surface area contributed by atoms with Gasteiger partial charge >= 0.3 is 0 Å². The third kappa shape index (κ3) is 2.16. The van der Waals surface area contributed by atoms with Crippen molar-refractivity contribution in [3.8, 4) is 0 Å². The Morgan fingerprint density at radius 1 is 1.00 bits per heavy atom. The fourth-order valence-corrected chi connectivity index (χ4v) is 2.31. The Morgan fingerprint density at radius 2 is 1.67 bits per heavy atom. The van der Waals surface area contributed by atoms with Crippen LogP contribution in [0.2, 0.25) is 0 Å². The fraction of sp³-hybridized carbons (Fsp3) is 0.0667. The lowest BCUT2D eigenvalue weighted by Gasteiger charge is -2.16. The number of para-hydroxylation sites is 1. The van der Waals surface area contributed by atoms with Gasteiger partial charge in [0.25, 0.3) is 17.4 Å². The van der Waals surface area contributed by atoms with E-state index < -0.39 is 16.6 Å². The maximum Gasteiger partial charge on any atom is 0.299 e. The average Bonchev–Trinajstić information content (AvgIpc) is 2.73. The molecule has 6 heteroatoms. The van der Waals surface area contributed by atoms with Gasteiger partial charge in [-0.25, -0.2) is 0 Å². The summed E-state index contributed by atoms with van der Waals surface area (Å²) in [6.07, 6.45) is 0. The number of non-ortho nitro benzene ring substituents is 1. The lowest BCUT2D eigenvalue weighted by atomic mass is 10.1. The molecular formula is C15H10N2O4. The van der Waals surface area contributed by atoms with Gasteiger partial charge in [0.15, 0.2) is 0 Å². The van der Waals surface area contributed by atoms with Crippen LogP contribution in [0.4, 0.5) is 11.4 Å². The van der Waals surface area contributed by atoms with Crippen LogP contribution in [0.1, 0.15) is 15.9 Å². The average molecular weight is 282 g/mol. The van der Waals surface area contributed by atoms with Crippen molar-refractivity contribution in [2.24, 2.45) is 0 Å². The van der Waals surface area contributed by atoms with Crippen molar-refractivity contribution in [1.29, 1.82) is 0 Å². The van der Waals surface area contributed by atoms with Crippen molar-refractivity contribution in [1.82, 2.24) is 0 Å². The normalized spacial score (nSPS) is 13.4. The van der Waals surface area contributed by atoms with Gasteiger partial charge in [-0.15, -0.1) is 0 Å². The minimum absolute atomic E-state index is 0.0111. The molecule has 0 aromatic heterocycles. The van der Waals surface area contributed by atoms with Crippen molar-refractivity contribution in [2.75, 3.05) is 4.90 Å². The van der Waals surface area contributed by atoms with Crippen molar-refractivity contribution < 1.29 is 14.5 Å². The molecular weight excluding hydrogens is 272 g/mol. The lowest BCUT2D eigenvalue weighted by Crippen LogP contribution is -2.29. The molecule has 0 fully saturated rings. The van der Waals surface area contributed by atoms with Crippen molar-refractivity contribution in [3.05, 3.63) is 69.8 Å².